The van der Waals surface area contributed by atoms with Crippen LogP contribution in [0.5, 0.6) is 0 Å². The fraction of sp³-hybridized carbons (Fsp3) is 0.700. The largest absolute Gasteiger partial charge is 0.389 e. The summed E-state index contributed by atoms with van der Waals surface area (Å²) >= 11 is 0. The highest BCUT2D eigenvalue weighted by Gasteiger charge is 2.31. The molecule has 1 rings (SSSR count). The van der Waals surface area contributed by atoms with E-state index in [0.717, 1.165) is 5.75 Å². The molecular weight excluding hydrogens is 474 g/mol. The molecule has 32 heavy (non-hydrogen) atoms. The number of nitrogens with one attached hydrogen (secondary N) is 3. The van der Waals surface area contributed by atoms with Gasteiger partial charge in [-0.3, -0.25) is 19.2 Å². The highest BCUT2D eigenvalue weighted by Crippen LogP contribution is 2.35. The summed E-state index contributed by atoms with van der Waals surface area (Å²) in [7, 11) is 4.45. The Bertz CT molecular complexity index is 691. The van der Waals surface area contributed by atoms with Gasteiger partial charge in [0.2, 0.25) is 17.7 Å². The third-order valence-electron chi connectivity index (χ3n) is 4.64. The average Bonchev–Trinajstić information content (AvgIpc) is 2.70. The zero-order valence-electron chi connectivity index (χ0n) is 18.7. The number of aliphatic hydroxyl groups is 2. The number of hydrogen-bond donors (Lipinski definition) is 5. The van der Waals surface area contributed by atoms with E-state index in [9.17, 15) is 29.4 Å². The van der Waals surface area contributed by atoms with Gasteiger partial charge in [-0.1, -0.05) is 47.6 Å². The van der Waals surface area contributed by atoms with E-state index in [1.165, 1.54) is 34.5 Å². The van der Waals surface area contributed by atoms with Crippen molar-refractivity contribution >= 4 is 54.9 Å². The first-order chi connectivity index (χ1) is 15.0. The zero-order chi connectivity index (χ0) is 24.3. The van der Waals surface area contributed by atoms with Crippen molar-refractivity contribution < 1.29 is 29.4 Å². The molecule has 5 N–H and O–H groups in total. The van der Waals surface area contributed by atoms with Crippen LogP contribution in [0.15, 0.2) is 12.2 Å². The summed E-state index contributed by atoms with van der Waals surface area (Å²) in [6.45, 7) is 6.29. The van der Waals surface area contributed by atoms with Gasteiger partial charge < -0.3 is 26.2 Å². The molecule has 12 heteroatoms. The van der Waals surface area contributed by atoms with Crippen LogP contribution in [0.1, 0.15) is 40.5 Å². The maximum atomic E-state index is 12.9. The van der Waals surface area contributed by atoms with E-state index >= 15 is 0 Å². The van der Waals surface area contributed by atoms with Crippen LogP contribution in [-0.4, -0.2) is 75.6 Å². The standard InChI is InChI=1S/C20H33N3O6S3/c1-11(2)17(18(27)13(4)24)23-20(29)15-10-31-32-30-8-6-5-7-14(25)9-16(26)21-12(3)19(28)22-15/h5,7,11-12,14-15,17-18,25,27H,6,8-10H2,1-4H3,(H,21,26)(H,22,28)(H,23,29)/b7-5+. The minimum absolute atomic E-state index is 0.172. The molecule has 0 aromatic carbocycles. The first-order valence-corrected chi connectivity index (χ1v) is 14.2. The van der Waals surface area contributed by atoms with Gasteiger partial charge in [0, 0.05) is 11.5 Å². The highest BCUT2D eigenvalue weighted by atomic mass is 33.5. The van der Waals surface area contributed by atoms with E-state index in [0.29, 0.717) is 6.42 Å². The van der Waals surface area contributed by atoms with Crippen molar-refractivity contribution in [2.75, 3.05) is 11.5 Å². The second-order valence-electron chi connectivity index (χ2n) is 7.85. The number of carbonyl (C=O) groups excluding carboxylic acids is 4. The van der Waals surface area contributed by atoms with Crippen molar-refractivity contribution in [1.29, 1.82) is 0 Å². The van der Waals surface area contributed by atoms with Crippen LogP contribution in [0.2, 0.25) is 0 Å². The summed E-state index contributed by atoms with van der Waals surface area (Å²) in [4.78, 5) is 49.2. The zero-order valence-corrected chi connectivity index (χ0v) is 21.1. The molecule has 0 bridgehead atoms. The van der Waals surface area contributed by atoms with Crippen molar-refractivity contribution in [2.24, 2.45) is 5.92 Å². The Morgan fingerprint density at radius 2 is 1.91 bits per heavy atom. The van der Waals surface area contributed by atoms with Gasteiger partial charge in [0.05, 0.1) is 18.6 Å². The number of hydrogen-bond acceptors (Lipinski definition) is 9. The molecule has 1 aliphatic heterocycles. The second kappa shape index (κ2) is 14.8. The SMILES string of the molecule is CC(=O)C(O)C(NC(=O)C1CSSSCC/C=C/C(O)CC(=O)NC(C)C(=O)N1)C(C)C. The van der Waals surface area contributed by atoms with E-state index in [1.807, 2.05) is 0 Å². The number of Topliss-reactive ketones (excluding diaryl/α,β-unsaturated/α-hetero) is 1. The Balaban J connectivity index is 2.94. The van der Waals surface area contributed by atoms with Crippen LogP contribution in [0, 0.1) is 5.92 Å². The van der Waals surface area contributed by atoms with Crippen molar-refractivity contribution in [3.05, 3.63) is 12.2 Å². The maximum absolute atomic E-state index is 12.9. The lowest BCUT2D eigenvalue weighted by Crippen LogP contribution is -2.58. The van der Waals surface area contributed by atoms with Gasteiger partial charge in [-0.25, -0.2) is 0 Å². The van der Waals surface area contributed by atoms with Crippen LogP contribution in [0.25, 0.3) is 0 Å². The van der Waals surface area contributed by atoms with Crippen LogP contribution < -0.4 is 16.0 Å². The molecule has 9 nitrogen and oxygen atoms in total. The van der Waals surface area contributed by atoms with Gasteiger partial charge in [-0.15, -0.1) is 0 Å². The predicted octanol–water partition coefficient (Wildman–Crippen LogP) is 0.807. The highest BCUT2D eigenvalue weighted by molar-refractivity contribution is 9.09. The lowest BCUT2D eigenvalue weighted by Gasteiger charge is -2.28. The van der Waals surface area contributed by atoms with E-state index in [1.54, 1.807) is 36.8 Å². The summed E-state index contributed by atoms with van der Waals surface area (Å²) in [6, 6.07) is -2.65. The molecule has 0 aromatic heterocycles. The topological polar surface area (TPSA) is 145 Å². The second-order valence-corrected chi connectivity index (χ2v) is 12.2. The number of amides is 3. The Morgan fingerprint density at radius 1 is 1.22 bits per heavy atom. The van der Waals surface area contributed by atoms with Gasteiger partial charge in [-0.2, -0.15) is 0 Å². The van der Waals surface area contributed by atoms with E-state index < -0.39 is 53.8 Å². The lowest BCUT2D eigenvalue weighted by molar-refractivity contribution is -0.133. The van der Waals surface area contributed by atoms with E-state index in [4.69, 9.17) is 0 Å². The van der Waals surface area contributed by atoms with Crippen LogP contribution >= 0.6 is 31.4 Å². The summed E-state index contributed by atoms with van der Waals surface area (Å²) in [5, 5.41) is 27.9. The molecule has 5 atom stereocenters. The lowest BCUT2D eigenvalue weighted by atomic mass is 9.96. The van der Waals surface area contributed by atoms with Crippen LogP contribution in [0.3, 0.4) is 0 Å². The monoisotopic (exact) mass is 507 g/mol. The van der Waals surface area contributed by atoms with Crippen molar-refractivity contribution in [2.45, 2.75) is 70.9 Å². The fourth-order valence-electron chi connectivity index (χ4n) is 2.76. The molecule has 0 aromatic rings. The van der Waals surface area contributed by atoms with E-state index in [-0.39, 0.29) is 18.1 Å². The third kappa shape index (κ3) is 10.6. The fourth-order valence-corrected chi connectivity index (χ4v) is 6.56. The maximum Gasteiger partial charge on any atom is 0.243 e. The van der Waals surface area contributed by atoms with Crippen molar-refractivity contribution in [1.82, 2.24) is 16.0 Å². The molecule has 0 spiro atoms. The smallest absolute Gasteiger partial charge is 0.243 e. The molecule has 0 fully saturated rings. The minimum atomic E-state index is -1.35. The minimum Gasteiger partial charge on any atom is -0.389 e. The summed E-state index contributed by atoms with van der Waals surface area (Å²) in [6.07, 6.45) is 1.62. The van der Waals surface area contributed by atoms with Crippen molar-refractivity contribution in [3.63, 3.8) is 0 Å². The Morgan fingerprint density at radius 3 is 2.53 bits per heavy atom. The summed E-state index contributed by atoms with van der Waals surface area (Å²) < 4.78 is 0. The molecule has 0 saturated carbocycles. The van der Waals surface area contributed by atoms with Gasteiger partial charge in [0.25, 0.3) is 0 Å². The molecule has 1 heterocycles. The summed E-state index contributed by atoms with van der Waals surface area (Å²) in [5.41, 5.74) is 0. The first-order valence-electron chi connectivity index (χ1n) is 10.4. The molecule has 0 aliphatic carbocycles. The predicted molar refractivity (Wildman–Crippen MR) is 130 cm³/mol. The van der Waals surface area contributed by atoms with Gasteiger partial charge in [-0.05, 0) is 36.0 Å². The van der Waals surface area contributed by atoms with Crippen LogP contribution in [-0.2, 0) is 19.2 Å². The number of carbonyl (C=O) groups is 4. The first kappa shape index (κ1) is 28.8. The number of ketones is 1. The molecular formula is C20H33N3O6S3. The molecule has 0 radical (unpaired) electrons. The molecule has 0 saturated heterocycles. The van der Waals surface area contributed by atoms with Gasteiger partial charge >= 0.3 is 0 Å². The molecule has 5 unspecified atom stereocenters. The quantitative estimate of drug-likeness (QED) is 0.270. The normalized spacial score (nSPS) is 27.0. The Labute approximate surface area is 200 Å². The van der Waals surface area contributed by atoms with Gasteiger partial charge in [0.15, 0.2) is 5.78 Å². The van der Waals surface area contributed by atoms with Crippen molar-refractivity contribution in [3.8, 4) is 0 Å². The Kier molecular flexibility index (Phi) is 13.4. The average molecular weight is 508 g/mol. The molecule has 182 valence electrons. The number of rotatable bonds is 5. The molecule has 3 amide bonds. The van der Waals surface area contributed by atoms with Gasteiger partial charge in [0.1, 0.15) is 18.2 Å². The summed E-state index contributed by atoms with van der Waals surface area (Å²) in [5.74, 6) is -1.20. The Hall–Kier alpha value is -1.21. The number of allylic oxidation sites excluding steroid dienone is 1. The third-order valence-corrected chi connectivity index (χ3v) is 8.92. The number of aliphatic hydroxyl groups excluding tert-OH is 2. The van der Waals surface area contributed by atoms with E-state index in [2.05, 4.69) is 16.0 Å². The molecule has 1 aliphatic rings. The van der Waals surface area contributed by atoms with Crippen LogP contribution in [0.4, 0.5) is 0 Å².